The van der Waals surface area contributed by atoms with Crippen LogP contribution in [0.15, 0.2) is 24.3 Å². The van der Waals surface area contributed by atoms with Crippen LogP contribution >= 0.6 is 22.9 Å². The molecule has 3 N–H and O–H groups in total. The van der Waals surface area contributed by atoms with Crippen LogP contribution in [0.2, 0.25) is 5.02 Å². The second-order valence-corrected chi connectivity index (χ2v) is 9.96. The second kappa shape index (κ2) is 11.9. The van der Waals surface area contributed by atoms with E-state index in [-0.39, 0.29) is 12.3 Å². The van der Waals surface area contributed by atoms with E-state index in [4.69, 9.17) is 31.5 Å². The Bertz CT molecular complexity index is 1310. The van der Waals surface area contributed by atoms with Gasteiger partial charge in [0, 0.05) is 23.0 Å². The highest BCUT2D eigenvalue weighted by atomic mass is 35.5. The summed E-state index contributed by atoms with van der Waals surface area (Å²) in [5.41, 5.74) is 9.80. The van der Waals surface area contributed by atoms with Crippen molar-refractivity contribution in [3.05, 3.63) is 62.5 Å². The van der Waals surface area contributed by atoms with Gasteiger partial charge in [0.25, 0.3) is 0 Å². The molecular weight excluding hydrogens is 500 g/mol. The molecule has 0 saturated heterocycles. The van der Waals surface area contributed by atoms with Crippen molar-refractivity contribution >= 4 is 40.3 Å². The number of carbonyl (C=O) groups excluding carboxylic acids is 1. The summed E-state index contributed by atoms with van der Waals surface area (Å²) in [6, 6.07) is 7.58. The molecule has 1 amide bonds. The highest BCUT2D eigenvalue weighted by molar-refractivity contribution is 7.15. The zero-order chi connectivity index (χ0) is 25.7. The van der Waals surface area contributed by atoms with Gasteiger partial charge in [-0.2, -0.15) is 0 Å². The van der Waals surface area contributed by atoms with E-state index in [1.807, 2.05) is 35.8 Å². The first-order valence-electron chi connectivity index (χ1n) is 11.8. The van der Waals surface area contributed by atoms with Crippen LogP contribution in [-0.2, 0) is 14.3 Å². The van der Waals surface area contributed by atoms with Gasteiger partial charge in [0.15, 0.2) is 0 Å². The minimum Gasteiger partial charge on any atom is -0.378 e. The summed E-state index contributed by atoms with van der Waals surface area (Å²) in [4.78, 5) is 14.1. The van der Waals surface area contributed by atoms with Gasteiger partial charge in [-0.25, -0.2) is 0 Å². The predicted molar refractivity (Wildman–Crippen MR) is 143 cm³/mol. The van der Waals surface area contributed by atoms with E-state index in [1.165, 1.54) is 4.88 Å². The number of hydrogen-bond acceptors (Lipinski definition) is 7. The number of hydrogen-bond donors (Lipinski definition) is 2. The Morgan fingerprint density at radius 2 is 1.83 bits per heavy atom. The standard InChI is InChI=1S/C25H29ClN6O3S/c1-15-16(2)36-25-22(15)23(18-4-6-19(26)7-5-18)29-20(24-31-30-17(3)32(24)25)14-21(33)28-9-11-35-13-12-34-10-8-27/h4-7H,8-14,27H2,1-3H3/p+1. The normalized spacial score (nSPS) is 12.5. The van der Waals surface area contributed by atoms with Crippen molar-refractivity contribution in [2.24, 2.45) is 5.73 Å². The molecule has 2 aromatic heterocycles. The van der Waals surface area contributed by atoms with Gasteiger partial charge in [0.2, 0.25) is 11.7 Å². The fraction of sp³-hybridized carbons (Fsp3) is 0.400. The van der Waals surface area contributed by atoms with Gasteiger partial charge in [-0.05, 0) is 50.6 Å². The van der Waals surface area contributed by atoms with Crippen molar-refractivity contribution < 1.29 is 14.3 Å². The Morgan fingerprint density at radius 1 is 1.11 bits per heavy atom. The van der Waals surface area contributed by atoms with Gasteiger partial charge < -0.3 is 20.5 Å². The lowest BCUT2D eigenvalue weighted by molar-refractivity contribution is -0.120. The highest BCUT2D eigenvalue weighted by Crippen LogP contribution is 2.35. The van der Waals surface area contributed by atoms with Gasteiger partial charge in [-0.3, -0.25) is 9.36 Å². The van der Waals surface area contributed by atoms with Crippen LogP contribution in [-0.4, -0.2) is 71.6 Å². The third kappa shape index (κ3) is 5.75. The zero-order valence-corrected chi connectivity index (χ0v) is 22.2. The monoisotopic (exact) mass is 529 g/mol. The molecule has 190 valence electrons. The second-order valence-electron chi connectivity index (χ2n) is 8.32. The smallest absolute Gasteiger partial charge is 0.358 e. The maximum absolute atomic E-state index is 12.9. The SMILES string of the molecule is Cc1sc2c(c1C)C(c1ccc(Cl)cc1)=[N+]=C(CC(=O)NCCOCCOCCN)c1nnc(C)n1-2. The molecule has 36 heavy (non-hydrogen) atoms. The molecule has 0 radical (unpaired) electrons. The van der Waals surface area contributed by atoms with Crippen LogP contribution in [0.1, 0.15) is 39.6 Å². The van der Waals surface area contributed by atoms with E-state index in [0.717, 1.165) is 33.2 Å². The Morgan fingerprint density at radius 3 is 2.56 bits per heavy atom. The number of amides is 1. The first-order valence-corrected chi connectivity index (χ1v) is 13.0. The molecule has 1 aliphatic rings. The fourth-order valence-electron chi connectivity index (χ4n) is 3.90. The molecule has 0 spiro atoms. The predicted octanol–water partition coefficient (Wildman–Crippen LogP) is 2.11. The van der Waals surface area contributed by atoms with Gasteiger partial charge in [-0.15, -0.1) is 21.5 Å². The van der Waals surface area contributed by atoms with Gasteiger partial charge in [0.1, 0.15) is 22.8 Å². The molecule has 3 heterocycles. The van der Waals surface area contributed by atoms with Gasteiger partial charge in [-0.1, -0.05) is 16.3 Å². The summed E-state index contributed by atoms with van der Waals surface area (Å²) < 4.78 is 17.8. The summed E-state index contributed by atoms with van der Waals surface area (Å²) in [6.07, 6.45) is 0.0573. The number of rotatable bonds is 11. The molecule has 0 fully saturated rings. The number of nitrogens with zero attached hydrogens (tertiary/aromatic N) is 4. The average molecular weight is 530 g/mol. The molecular formula is C25H30ClN6O3S+. The molecule has 0 unspecified atom stereocenters. The molecule has 1 aromatic carbocycles. The fourth-order valence-corrected chi connectivity index (χ4v) is 5.23. The summed E-state index contributed by atoms with van der Waals surface area (Å²) in [5, 5.41) is 13.3. The average Bonchev–Trinajstić information content (AvgIpc) is 3.33. The van der Waals surface area contributed by atoms with Crippen molar-refractivity contribution in [2.75, 3.05) is 39.5 Å². The molecule has 0 saturated carbocycles. The molecule has 4 rings (SSSR count). The Hall–Kier alpha value is -2.85. The van der Waals surface area contributed by atoms with Crippen LogP contribution < -0.4 is 15.7 Å². The van der Waals surface area contributed by atoms with Gasteiger partial charge >= 0.3 is 11.4 Å². The number of halogens is 1. The number of aryl methyl sites for hydroxylation is 2. The topological polar surface area (TPSA) is 118 Å². The van der Waals surface area contributed by atoms with Crippen molar-refractivity contribution in [3.8, 4) is 5.00 Å². The van der Waals surface area contributed by atoms with E-state index in [9.17, 15) is 4.79 Å². The van der Waals surface area contributed by atoms with Crippen LogP contribution in [0.5, 0.6) is 0 Å². The molecule has 9 nitrogen and oxygen atoms in total. The first-order chi connectivity index (χ1) is 17.4. The number of nitrogens with two attached hydrogens (primary N) is 1. The van der Waals surface area contributed by atoms with Crippen LogP contribution in [0.3, 0.4) is 0 Å². The Balaban J connectivity index is 1.61. The van der Waals surface area contributed by atoms with Crippen molar-refractivity contribution in [1.29, 1.82) is 0 Å². The maximum atomic E-state index is 12.9. The van der Waals surface area contributed by atoms with Crippen LogP contribution in [0.4, 0.5) is 0 Å². The Labute approximate surface area is 219 Å². The summed E-state index contributed by atoms with van der Waals surface area (Å²) in [5.74, 6) is 1.14. The zero-order valence-electron chi connectivity index (χ0n) is 20.6. The number of ether oxygens (including phenoxy) is 2. The largest absolute Gasteiger partial charge is 0.378 e. The van der Waals surface area contributed by atoms with Gasteiger partial charge in [0.05, 0.1) is 32.0 Å². The lowest BCUT2D eigenvalue weighted by atomic mass is 10.00. The molecule has 3 aromatic rings. The van der Waals surface area contributed by atoms with Crippen molar-refractivity contribution in [1.82, 2.24) is 24.7 Å². The van der Waals surface area contributed by atoms with Crippen molar-refractivity contribution in [3.63, 3.8) is 0 Å². The number of thiophene rings is 1. The first kappa shape index (κ1) is 26.2. The third-order valence-corrected chi connectivity index (χ3v) is 7.23. The summed E-state index contributed by atoms with van der Waals surface area (Å²) in [7, 11) is 0. The number of fused-ring (bicyclic) bond motifs is 3. The lowest BCUT2D eigenvalue weighted by Gasteiger charge is -2.06. The lowest BCUT2D eigenvalue weighted by Crippen LogP contribution is -2.31. The number of aromatic nitrogens is 3. The highest BCUT2D eigenvalue weighted by Gasteiger charge is 2.37. The quantitative estimate of drug-likeness (QED) is 0.290. The van der Waals surface area contributed by atoms with E-state index in [2.05, 4.69) is 29.4 Å². The van der Waals surface area contributed by atoms with E-state index >= 15 is 0 Å². The molecule has 0 bridgehead atoms. The molecule has 11 heteroatoms. The summed E-state index contributed by atoms with van der Waals surface area (Å²) in [6.45, 7) is 8.78. The summed E-state index contributed by atoms with van der Waals surface area (Å²) >= 11 is 7.82. The maximum Gasteiger partial charge on any atom is 0.358 e. The van der Waals surface area contributed by atoms with Crippen molar-refractivity contribution in [2.45, 2.75) is 27.2 Å². The number of carbonyl (C=O) groups is 1. The molecule has 0 atom stereocenters. The number of nitrogens with one attached hydrogen (secondary N) is 1. The van der Waals surface area contributed by atoms with E-state index < -0.39 is 0 Å². The Kier molecular flexibility index (Phi) is 8.68. The molecule has 0 aliphatic carbocycles. The van der Waals surface area contributed by atoms with E-state index in [0.29, 0.717) is 56.1 Å². The van der Waals surface area contributed by atoms with Crippen LogP contribution in [0.25, 0.3) is 5.00 Å². The number of benzene rings is 1. The van der Waals surface area contributed by atoms with E-state index in [1.54, 1.807) is 11.3 Å². The minimum absolute atomic E-state index is 0.0573. The minimum atomic E-state index is -0.169. The van der Waals surface area contributed by atoms with Crippen LogP contribution in [0, 0.1) is 20.8 Å². The molecule has 1 aliphatic heterocycles. The third-order valence-electron chi connectivity index (χ3n) is 5.78.